The third-order valence-electron chi connectivity index (χ3n) is 4.77. The Balaban J connectivity index is 1.45. The second-order valence-corrected chi connectivity index (χ2v) is 6.54. The molecule has 2 N–H and O–H groups in total. The van der Waals surface area contributed by atoms with E-state index in [9.17, 15) is 4.79 Å². The second kappa shape index (κ2) is 7.64. The van der Waals surface area contributed by atoms with Gasteiger partial charge in [-0.3, -0.25) is 14.6 Å². The monoisotopic (exact) mass is 326 g/mol. The highest BCUT2D eigenvalue weighted by Crippen LogP contribution is 2.18. The second-order valence-electron chi connectivity index (χ2n) is 6.54. The number of piperazine rings is 1. The van der Waals surface area contributed by atoms with Crippen LogP contribution in [0.15, 0.2) is 36.5 Å². The van der Waals surface area contributed by atoms with Crippen LogP contribution in [0.3, 0.4) is 0 Å². The fraction of sp³-hybridized carbons (Fsp3) is 0.421. The Labute approximate surface area is 143 Å². The van der Waals surface area contributed by atoms with E-state index in [1.54, 1.807) is 0 Å². The van der Waals surface area contributed by atoms with E-state index in [4.69, 9.17) is 0 Å². The molecule has 0 atom stereocenters. The van der Waals surface area contributed by atoms with Crippen LogP contribution in [0.25, 0.3) is 0 Å². The van der Waals surface area contributed by atoms with Crippen LogP contribution in [0.1, 0.15) is 16.8 Å². The Hall–Kier alpha value is -2.11. The minimum absolute atomic E-state index is 0.0708. The first-order chi connectivity index (χ1) is 11.6. The molecule has 24 heavy (non-hydrogen) atoms. The van der Waals surface area contributed by atoms with E-state index in [1.165, 1.54) is 11.3 Å². The lowest BCUT2D eigenvalue weighted by atomic mass is 10.1. The highest BCUT2D eigenvalue weighted by Gasteiger charge is 2.19. The first-order valence-electron chi connectivity index (χ1n) is 8.55. The van der Waals surface area contributed by atoms with E-state index in [1.807, 2.05) is 31.3 Å². The molecule has 5 nitrogen and oxygen atoms in total. The molecule has 5 heteroatoms. The lowest BCUT2D eigenvalue weighted by molar-refractivity contribution is -0.117. The van der Waals surface area contributed by atoms with E-state index in [0.29, 0.717) is 6.54 Å². The highest BCUT2D eigenvalue weighted by atomic mass is 16.2. The zero-order chi connectivity index (χ0) is 16.9. The van der Waals surface area contributed by atoms with Gasteiger partial charge in [-0.15, -0.1) is 0 Å². The molecular formula is C19H26N4O. The van der Waals surface area contributed by atoms with Crippen molar-refractivity contribution in [2.75, 3.05) is 38.0 Å². The summed E-state index contributed by atoms with van der Waals surface area (Å²) in [6.45, 7) is 9.38. The van der Waals surface area contributed by atoms with Gasteiger partial charge in [0, 0.05) is 50.3 Å². The molecule has 0 saturated carbocycles. The van der Waals surface area contributed by atoms with E-state index >= 15 is 0 Å². The zero-order valence-corrected chi connectivity index (χ0v) is 14.5. The topological polar surface area (TPSA) is 51.4 Å². The average Bonchev–Trinajstić information content (AvgIpc) is 3.07. The molecule has 1 aromatic carbocycles. The zero-order valence-electron chi connectivity index (χ0n) is 14.5. The van der Waals surface area contributed by atoms with Crippen molar-refractivity contribution in [3.63, 3.8) is 0 Å². The minimum atomic E-state index is 0.0708. The van der Waals surface area contributed by atoms with Gasteiger partial charge in [0.2, 0.25) is 5.91 Å². The number of carbonyl (C=O) groups is 1. The predicted octanol–water partition coefficient (Wildman–Crippen LogP) is 2.39. The minimum Gasteiger partial charge on any atom is -0.364 e. The summed E-state index contributed by atoms with van der Waals surface area (Å²) in [6.07, 6.45) is 1.96. The Bertz CT molecular complexity index is 673. The summed E-state index contributed by atoms with van der Waals surface area (Å²) in [5.74, 6) is 0.0708. The third kappa shape index (κ3) is 4.24. The molecule has 1 aromatic heterocycles. The van der Waals surface area contributed by atoms with Gasteiger partial charge in [-0.1, -0.05) is 12.1 Å². The van der Waals surface area contributed by atoms with Gasteiger partial charge in [-0.2, -0.15) is 0 Å². The molecule has 3 rings (SSSR count). The molecule has 1 aliphatic heterocycles. The molecule has 1 amide bonds. The number of rotatable bonds is 5. The van der Waals surface area contributed by atoms with Crippen LogP contribution < -0.4 is 5.32 Å². The number of hydrogen-bond acceptors (Lipinski definition) is 3. The van der Waals surface area contributed by atoms with Crippen LogP contribution in [0.4, 0.5) is 5.69 Å². The summed E-state index contributed by atoms with van der Waals surface area (Å²) in [5, 5.41) is 3.05. The molecule has 1 aliphatic rings. The van der Waals surface area contributed by atoms with Gasteiger partial charge >= 0.3 is 0 Å². The first-order valence-corrected chi connectivity index (χ1v) is 8.55. The first kappa shape index (κ1) is 16.7. The molecule has 0 spiro atoms. The Morgan fingerprint density at radius 3 is 2.54 bits per heavy atom. The van der Waals surface area contributed by atoms with Gasteiger partial charge in [-0.25, -0.2) is 0 Å². The fourth-order valence-electron chi connectivity index (χ4n) is 3.09. The molecule has 2 heterocycles. The van der Waals surface area contributed by atoms with Crippen molar-refractivity contribution in [3.8, 4) is 0 Å². The number of amides is 1. The number of hydrogen-bond donors (Lipinski definition) is 2. The van der Waals surface area contributed by atoms with Crippen LogP contribution in [0.5, 0.6) is 0 Å². The lowest BCUT2D eigenvalue weighted by Gasteiger charge is -2.34. The standard InChI is InChI=1S/C19H26N4O/c1-15-5-3-7-18(16(15)2)21-19(24)14-23-11-9-22(10-12-23)13-17-6-4-8-20-17/h3-8,20H,9-14H2,1-2H3,(H,21,24). The largest absolute Gasteiger partial charge is 0.364 e. The molecule has 0 aliphatic carbocycles. The third-order valence-corrected chi connectivity index (χ3v) is 4.77. The summed E-state index contributed by atoms with van der Waals surface area (Å²) in [5.41, 5.74) is 4.51. The van der Waals surface area contributed by atoms with Crippen LogP contribution in [-0.2, 0) is 11.3 Å². The van der Waals surface area contributed by atoms with Crippen molar-refractivity contribution in [1.82, 2.24) is 14.8 Å². The molecule has 0 unspecified atom stereocenters. The number of nitrogens with zero attached hydrogens (tertiary/aromatic N) is 2. The molecule has 1 saturated heterocycles. The Morgan fingerprint density at radius 2 is 1.83 bits per heavy atom. The van der Waals surface area contributed by atoms with Gasteiger partial charge < -0.3 is 10.3 Å². The van der Waals surface area contributed by atoms with Crippen LogP contribution in [0.2, 0.25) is 0 Å². The molecular weight excluding hydrogens is 300 g/mol. The smallest absolute Gasteiger partial charge is 0.238 e. The maximum absolute atomic E-state index is 12.3. The van der Waals surface area contributed by atoms with Crippen molar-refractivity contribution in [1.29, 1.82) is 0 Å². The van der Waals surface area contributed by atoms with Gasteiger partial charge in [0.1, 0.15) is 0 Å². The van der Waals surface area contributed by atoms with Crippen molar-refractivity contribution >= 4 is 11.6 Å². The predicted molar refractivity (Wildman–Crippen MR) is 97.1 cm³/mol. The number of nitrogens with one attached hydrogen (secondary N) is 2. The SMILES string of the molecule is Cc1cccc(NC(=O)CN2CCN(Cc3ccc[nH]3)CC2)c1C. The fourth-order valence-corrected chi connectivity index (χ4v) is 3.09. The average molecular weight is 326 g/mol. The molecule has 1 fully saturated rings. The summed E-state index contributed by atoms with van der Waals surface area (Å²) >= 11 is 0. The number of anilines is 1. The number of carbonyl (C=O) groups excluding carboxylic acids is 1. The van der Waals surface area contributed by atoms with Crippen molar-refractivity contribution in [2.24, 2.45) is 0 Å². The van der Waals surface area contributed by atoms with Crippen molar-refractivity contribution in [2.45, 2.75) is 20.4 Å². The number of benzene rings is 1. The number of aryl methyl sites for hydroxylation is 1. The van der Waals surface area contributed by atoms with Gasteiger partial charge in [0.25, 0.3) is 0 Å². The molecule has 128 valence electrons. The summed E-state index contributed by atoms with van der Waals surface area (Å²) in [6, 6.07) is 10.2. The van der Waals surface area contributed by atoms with E-state index < -0.39 is 0 Å². The van der Waals surface area contributed by atoms with Crippen LogP contribution in [0, 0.1) is 13.8 Å². The van der Waals surface area contributed by atoms with E-state index in [-0.39, 0.29) is 5.91 Å². The van der Waals surface area contributed by atoms with Crippen molar-refractivity contribution < 1.29 is 4.79 Å². The van der Waals surface area contributed by atoms with Gasteiger partial charge in [0.15, 0.2) is 0 Å². The summed E-state index contributed by atoms with van der Waals surface area (Å²) in [7, 11) is 0. The molecule has 0 radical (unpaired) electrons. The lowest BCUT2D eigenvalue weighted by Crippen LogP contribution is -2.48. The maximum atomic E-state index is 12.3. The maximum Gasteiger partial charge on any atom is 0.238 e. The molecule has 2 aromatic rings. The van der Waals surface area contributed by atoms with E-state index in [0.717, 1.165) is 44.0 Å². The summed E-state index contributed by atoms with van der Waals surface area (Å²) < 4.78 is 0. The Morgan fingerprint density at radius 1 is 1.08 bits per heavy atom. The quantitative estimate of drug-likeness (QED) is 0.887. The Kier molecular flexibility index (Phi) is 5.33. The van der Waals surface area contributed by atoms with Crippen molar-refractivity contribution in [3.05, 3.63) is 53.3 Å². The van der Waals surface area contributed by atoms with Gasteiger partial charge in [-0.05, 0) is 43.2 Å². The van der Waals surface area contributed by atoms with Crippen LogP contribution in [-0.4, -0.2) is 53.4 Å². The van der Waals surface area contributed by atoms with Gasteiger partial charge in [0.05, 0.1) is 6.54 Å². The molecule has 0 bridgehead atoms. The number of H-pyrrole nitrogens is 1. The number of aromatic nitrogens is 1. The van der Waals surface area contributed by atoms with Crippen LogP contribution >= 0.6 is 0 Å². The van der Waals surface area contributed by atoms with E-state index in [2.05, 4.69) is 39.2 Å². The highest BCUT2D eigenvalue weighted by molar-refractivity contribution is 5.93. The number of aromatic amines is 1. The summed E-state index contributed by atoms with van der Waals surface area (Å²) in [4.78, 5) is 20.2. The normalized spacial score (nSPS) is 16.2.